The zero-order valence-corrected chi connectivity index (χ0v) is 9.21. The van der Waals surface area contributed by atoms with Gasteiger partial charge in [0.25, 0.3) is 12.2 Å². The molecule has 0 bridgehead atoms. The number of ether oxygens (including phenoxy) is 2. The molecule has 0 atom stereocenters. The highest BCUT2D eigenvalue weighted by molar-refractivity contribution is 4.77. The Labute approximate surface area is 107 Å². The van der Waals surface area contributed by atoms with E-state index in [1.54, 1.807) is 0 Å². The lowest BCUT2D eigenvalue weighted by atomic mass is 10.3. The van der Waals surface area contributed by atoms with Crippen LogP contribution in [0.15, 0.2) is 0 Å². The van der Waals surface area contributed by atoms with Gasteiger partial charge in [0, 0.05) is 0 Å². The van der Waals surface area contributed by atoms with Crippen LogP contribution in [0.1, 0.15) is 0 Å². The number of hydrogen-bond acceptors (Lipinski definition) is 2. The van der Waals surface area contributed by atoms with Crippen LogP contribution in [0.25, 0.3) is 0 Å². The molecule has 2 nitrogen and oxygen atoms in total. The maximum atomic E-state index is 11.9. The lowest BCUT2D eigenvalue weighted by Crippen LogP contribution is -2.48. The van der Waals surface area contributed by atoms with Gasteiger partial charge in [-0.25, -0.2) is 0 Å². The second kappa shape index (κ2) is 6.06. The Balaban J connectivity index is 4.84. The van der Waals surface area contributed by atoms with E-state index < -0.39 is 43.7 Å². The molecule has 0 aromatic rings. The number of rotatable bonds is 4. The third-order valence-corrected chi connectivity index (χ3v) is 1.66. The minimum Gasteiger partial charge on any atom is -0.334 e. The van der Waals surface area contributed by atoms with Crippen LogP contribution in [0.3, 0.4) is 0 Å². The van der Waals surface area contributed by atoms with Crippen LogP contribution in [0.4, 0.5) is 52.7 Å². The van der Waals surface area contributed by atoms with Crippen LogP contribution < -0.4 is 0 Å². The summed E-state index contributed by atoms with van der Waals surface area (Å²) in [5.41, 5.74) is 0. The van der Waals surface area contributed by atoms with Gasteiger partial charge in [-0.1, -0.05) is 0 Å². The quantitative estimate of drug-likeness (QED) is 0.566. The van der Waals surface area contributed by atoms with Gasteiger partial charge in [0.2, 0.25) is 0 Å². The van der Waals surface area contributed by atoms with Gasteiger partial charge in [0.05, 0.1) is 0 Å². The average molecular weight is 348 g/mol. The maximum absolute atomic E-state index is 11.9. The largest absolute Gasteiger partial charge is 0.423 e. The summed E-state index contributed by atoms with van der Waals surface area (Å²) in [5, 5.41) is 0. The van der Waals surface area contributed by atoms with Gasteiger partial charge < -0.3 is 9.47 Å². The Hall–Kier alpha value is -0.920. The van der Waals surface area contributed by atoms with Gasteiger partial charge in [-0.15, -0.1) is 0 Å². The summed E-state index contributed by atoms with van der Waals surface area (Å²) >= 11 is 0. The summed E-state index contributed by atoms with van der Waals surface area (Å²) in [6.07, 6.45) is -33.5. The fourth-order valence-corrected chi connectivity index (χ4v) is 0.924. The Morgan fingerprint density at radius 1 is 0.476 bits per heavy atom. The van der Waals surface area contributed by atoms with Gasteiger partial charge in [0.15, 0.2) is 0 Å². The molecule has 0 amide bonds. The standard InChI is InChI=1S/C7H4F12O2/c8-4(9,10)2(5(11,12)13)20-1-21-3(6(14,15)16)7(17,18)19/h2-3H,1H2. The van der Waals surface area contributed by atoms with E-state index in [4.69, 9.17) is 0 Å². The van der Waals surface area contributed by atoms with E-state index in [-0.39, 0.29) is 0 Å². The normalized spacial score (nSPS) is 15.1. The van der Waals surface area contributed by atoms with E-state index in [9.17, 15) is 52.7 Å². The van der Waals surface area contributed by atoms with Gasteiger partial charge >= 0.3 is 24.7 Å². The summed E-state index contributed by atoms with van der Waals surface area (Å²) in [6.45, 7) is -2.52. The summed E-state index contributed by atoms with van der Waals surface area (Å²) in [5.74, 6) is 0. The Morgan fingerprint density at radius 2 is 0.667 bits per heavy atom. The van der Waals surface area contributed by atoms with Crippen molar-refractivity contribution in [1.82, 2.24) is 0 Å². The van der Waals surface area contributed by atoms with Crippen molar-refractivity contribution in [2.45, 2.75) is 36.9 Å². The molecular weight excluding hydrogens is 344 g/mol. The molecule has 0 aromatic carbocycles. The zero-order chi connectivity index (χ0) is 17.3. The van der Waals surface area contributed by atoms with Crippen molar-refractivity contribution in [3.8, 4) is 0 Å². The third-order valence-electron chi connectivity index (χ3n) is 1.66. The third kappa shape index (κ3) is 6.58. The molecule has 0 aliphatic rings. The van der Waals surface area contributed by atoms with E-state index in [1.807, 2.05) is 0 Å². The minimum atomic E-state index is -6.09. The molecule has 128 valence electrons. The highest BCUT2D eigenvalue weighted by Gasteiger charge is 2.60. The first kappa shape index (κ1) is 20.1. The van der Waals surface area contributed by atoms with Gasteiger partial charge in [0.1, 0.15) is 6.79 Å². The van der Waals surface area contributed by atoms with E-state index >= 15 is 0 Å². The van der Waals surface area contributed by atoms with E-state index in [2.05, 4.69) is 9.47 Å². The predicted molar refractivity (Wildman–Crippen MR) is 38.8 cm³/mol. The van der Waals surface area contributed by atoms with Crippen molar-refractivity contribution >= 4 is 0 Å². The first-order valence-corrected chi connectivity index (χ1v) is 4.47. The fourth-order valence-electron chi connectivity index (χ4n) is 0.924. The molecular formula is C7H4F12O2. The smallest absolute Gasteiger partial charge is 0.334 e. The van der Waals surface area contributed by atoms with E-state index in [0.717, 1.165) is 0 Å². The molecule has 0 N–H and O–H groups in total. The van der Waals surface area contributed by atoms with Gasteiger partial charge in [-0.2, -0.15) is 52.7 Å². The molecule has 14 heteroatoms. The van der Waals surface area contributed by atoms with E-state index in [1.165, 1.54) is 0 Å². The number of hydrogen-bond donors (Lipinski definition) is 0. The maximum Gasteiger partial charge on any atom is 0.423 e. The lowest BCUT2D eigenvalue weighted by Gasteiger charge is -2.26. The van der Waals surface area contributed by atoms with Gasteiger partial charge in [-0.05, 0) is 0 Å². The molecule has 0 unspecified atom stereocenters. The molecule has 0 heterocycles. The molecule has 0 saturated heterocycles. The molecule has 0 radical (unpaired) electrons. The first-order chi connectivity index (χ1) is 8.97. The monoisotopic (exact) mass is 348 g/mol. The summed E-state index contributed by atoms with van der Waals surface area (Å²) in [6, 6.07) is 0. The van der Waals surface area contributed by atoms with Crippen molar-refractivity contribution in [3.63, 3.8) is 0 Å². The van der Waals surface area contributed by atoms with Crippen LogP contribution in [-0.4, -0.2) is 43.7 Å². The van der Waals surface area contributed by atoms with Crippen molar-refractivity contribution < 1.29 is 62.2 Å². The fraction of sp³-hybridized carbons (Fsp3) is 1.00. The SMILES string of the molecule is FC(F)(F)C(OCOC(C(F)(F)F)C(F)(F)F)C(F)(F)F. The van der Waals surface area contributed by atoms with Crippen LogP contribution >= 0.6 is 0 Å². The van der Waals surface area contributed by atoms with Gasteiger partial charge in [-0.3, -0.25) is 0 Å². The second-order valence-corrected chi connectivity index (χ2v) is 3.38. The Morgan fingerprint density at radius 3 is 0.810 bits per heavy atom. The van der Waals surface area contributed by atoms with Crippen molar-refractivity contribution in [1.29, 1.82) is 0 Å². The molecule has 21 heavy (non-hydrogen) atoms. The summed E-state index contributed by atoms with van der Waals surface area (Å²) in [7, 11) is 0. The molecule has 0 aliphatic heterocycles. The van der Waals surface area contributed by atoms with Crippen molar-refractivity contribution in [3.05, 3.63) is 0 Å². The van der Waals surface area contributed by atoms with Crippen molar-refractivity contribution in [2.75, 3.05) is 6.79 Å². The van der Waals surface area contributed by atoms with Crippen LogP contribution in [0.5, 0.6) is 0 Å². The van der Waals surface area contributed by atoms with Crippen molar-refractivity contribution in [2.24, 2.45) is 0 Å². The molecule has 0 rings (SSSR count). The average Bonchev–Trinajstić information content (AvgIpc) is 2.07. The Kier molecular flexibility index (Phi) is 5.79. The Bertz CT molecular complexity index is 262. The summed E-state index contributed by atoms with van der Waals surface area (Å²) in [4.78, 5) is 0. The van der Waals surface area contributed by atoms with Crippen LogP contribution in [0, 0.1) is 0 Å². The lowest BCUT2D eigenvalue weighted by molar-refractivity contribution is -0.367. The number of alkyl halides is 12. The molecule has 0 saturated carbocycles. The first-order valence-electron chi connectivity index (χ1n) is 4.47. The molecule has 0 fully saturated rings. The topological polar surface area (TPSA) is 18.5 Å². The minimum absolute atomic E-state index is 2.52. The highest BCUT2D eigenvalue weighted by atomic mass is 19.4. The second-order valence-electron chi connectivity index (χ2n) is 3.38. The van der Waals surface area contributed by atoms with E-state index in [0.29, 0.717) is 0 Å². The van der Waals surface area contributed by atoms with Crippen LogP contribution in [-0.2, 0) is 9.47 Å². The van der Waals surface area contributed by atoms with Crippen LogP contribution in [0.2, 0.25) is 0 Å². The number of halogens is 12. The zero-order valence-electron chi connectivity index (χ0n) is 9.21. The predicted octanol–water partition coefficient (Wildman–Crippen LogP) is 3.96. The molecule has 0 aromatic heterocycles. The highest BCUT2D eigenvalue weighted by Crippen LogP contribution is 2.38. The molecule has 0 spiro atoms. The molecule has 0 aliphatic carbocycles. The summed E-state index contributed by atoms with van der Waals surface area (Å²) < 4.78 is 148.